The number of carbonyl (C=O) groups is 1. The molecule has 0 aliphatic heterocycles. The summed E-state index contributed by atoms with van der Waals surface area (Å²) in [7, 11) is 3.68. The van der Waals surface area contributed by atoms with Crippen molar-refractivity contribution in [2.45, 2.75) is 6.54 Å². The van der Waals surface area contributed by atoms with Gasteiger partial charge in [0, 0.05) is 6.20 Å². The maximum Gasteiger partial charge on any atom is 0.274 e. The summed E-state index contributed by atoms with van der Waals surface area (Å²) in [4.78, 5) is 24.8. The van der Waals surface area contributed by atoms with Gasteiger partial charge < -0.3 is 15.6 Å². The zero-order valence-corrected chi connectivity index (χ0v) is 9.43. The second-order valence-electron chi connectivity index (χ2n) is 3.73. The van der Waals surface area contributed by atoms with E-state index in [4.69, 9.17) is 5.73 Å². The molecule has 1 heterocycles. The lowest BCUT2D eigenvalue weighted by Gasteiger charge is -2.11. The number of amides is 1. The Hall–Kier alpha value is -1.82. The van der Waals surface area contributed by atoms with Crippen LogP contribution in [0.15, 0.2) is 23.1 Å². The van der Waals surface area contributed by atoms with Crippen molar-refractivity contribution in [1.29, 1.82) is 0 Å². The van der Waals surface area contributed by atoms with E-state index in [2.05, 4.69) is 5.32 Å². The molecule has 6 heteroatoms. The molecular weight excluding hydrogens is 208 g/mol. The fourth-order valence-corrected chi connectivity index (χ4v) is 1.14. The SMILES string of the molecule is CN(C)CNC(=O)Cn1cccc(N)c1=O. The molecule has 0 spiro atoms. The summed E-state index contributed by atoms with van der Waals surface area (Å²) in [6.45, 7) is 0.424. The highest BCUT2D eigenvalue weighted by atomic mass is 16.2. The summed E-state index contributed by atoms with van der Waals surface area (Å²) in [6.07, 6.45) is 1.54. The minimum atomic E-state index is -0.345. The van der Waals surface area contributed by atoms with Gasteiger partial charge in [0.2, 0.25) is 5.91 Å². The van der Waals surface area contributed by atoms with Crippen LogP contribution in [0.3, 0.4) is 0 Å². The lowest BCUT2D eigenvalue weighted by atomic mass is 10.4. The molecule has 0 fully saturated rings. The van der Waals surface area contributed by atoms with Gasteiger partial charge in [-0.2, -0.15) is 0 Å². The van der Waals surface area contributed by atoms with Crippen LogP contribution in [-0.2, 0) is 11.3 Å². The van der Waals surface area contributed by atoms with Gasteiger partial charge in [-0.3, -0.25) is 14.5 Å². The highest BCUT2D eigenvalue weighted by Crippen LogP contribution is 1.91. The molecular formula is C10H16N4O2. The number of nitrogens with zero attached hydrogens (tertiary/aromatic N) is 2. The monoisotopic (exact) mass is 224 g/mol. The minimum absolute atomic E-state index is 0.0162. The predicted octanol–water partition coefficient (Wildman–Crippen LogP) is -0.934. The van der Waals surface area contributed by atoms with Crippen molar-refractivity contribution in [3.8, 4) is 0 Å². The number of carbonyl (C=O) groups excluding carboxylic acids is 1. The number of rotatable bonds is 4. The third kappa shape index (κ3) is 3.39. The molecule has 0 unspecified atom stereocenters. The van der Waals surface area contributed by atoms with Gasteiger partial charge in [0.05, 0.1) is 12.4 Å². The highest BCUT2D eigenvalue weighted by Gasteiger charge is 2.05. The van der Waals surface area contributed by atoms with Gasteiger partial charge in [-0.05, 0) is 26.2 Å². The maximum atomic E-state index is 11.5. The molecule has 0 atom stereocenters. The zero-order valence-electron chi connectivity index (χ0n) is 9.43. The molecule has 0 radical (unpaired) electrons. The van der Waals surface area contributed by atoms with E-state index in [1.807, 2.05) is 19.0 Å². The lowest BCUT2D eigenvalue weighted by Crippen LogP contribution is -2.37. The maximum absolute atomic E-state index is 11.5. The molecule has 0 saturated carbocycles. The van der Waals surface area contributed by atoms with Crippen molar-refractivity contribution in [2.24, 2.45) is 0 Å². The fraction of sp³-hybridized carbons (Fsp3) is 0.400. The van der Waals surface area contributed by atoms with Crippen LogP contribution in [0.25, 0.3) is 0 Å². The van der Waals surface area contributed by atoms with Crippen molar-refractivity contribution in [3.63, 3.8) is 0 Å². The second-order valence-corrected chi connectivity index (χ2v) is 3.73. The fourth-order valence-electron chi connectivity index (χ4n) is 1.14. The summed E-state index contributed by atoms with van der Waals surface area (Å²) in [6, 6.07) is 3.15. The first-order valence-electron chi connectivity index (χ1n) is 4.87. The van der Waals surface area contributed by atoms with Crippen molar-refractivity contribution in [3.05, 3.63) is 28.7 Å². The molecule has 1 aromatic heterocycles. The van der Waals surface area contributed by atoms with Crippen molar-refractivity contribution < 1.29 is 4.79 Å². The van der Waals surface area contributed by atoms with Crippen LogP contribution in [0.4, 0.5) is 5.69 Å². The van der Waals surface area contributed by atoms with Crippen LogP contribution in [0.5, 0.6) is 0 Å². The molecule has 6 nitrogen and oxygen atoms in total. The molecule has 0 bridgehead atoms. The average molecular weight is 224 g/mol. The van der Waals surface area contributed by atoms with E-state index in [9.17, 15) is 9.59 Å². The van der Waals surface area contributed by atoms with Crippen LogP contribution in [-0.4, -0.2) is 36.1 Å². The quantitative estimate of drug-likeness (QED) is 0.647. The van der Waals surface area contributed by atoms with Gasteiger partial charge >= 0.3 is 0 Å². The Morgan fingerprint density at radius 3 is 2.88 bits per heavy atom. The van der Waals surface area contributed by atoms with E-state index in [0.29, 0.717) is 6.67 Å². The molecule has 1 aromatic rings. The Morgan fingerprint density at radius 2 is 2.25 bits per heavy atom. The van der Waals surface area contributed by atoms with E-state index in [1.165, 1.54) is 16.8 Å². The van der Waals surface area contributed by atoms with Crippen LogP contribution in [0, 0.1) is 0 Å². The van der Waals surface area contributed by atoms with Crippen LogP contribution < -0.4 is 16.6 Å². The van der Waals surface area contributed by atoms with E-state index >= 15 is 0 Å². The lowest BCUT2D eigenvalue weighted by molar-refractivity contribution is -0.122. The third-order valence-electron chi connectivity index (χ3n) is 1.96. The molecule has 88 valence electrons. The Labute approximate surface area is 93.7 Å². The number of hydrogen-bond donors (Lipinski definition) is 2. The topological polar surface area (TPSA) is 80.4 Å². The molecule has 1 rings (SSSR count). The van der Waals surface area contributed by atoms with Crippen molar-refractivity contribution in [1.82, 2.24) is 14.8 Å². The van der Waals surface area contributed by atoms with Gasteiger partial charge in [-0.25, -0.2) is 0 Å². The molecule has 0 saturated heterocycles. The average Bonchev–Trinajstić information content (AvgIpc) is 2.22. The highest BCUT2D eigenvalue weighted by molar-refractivity contribution is 5.75. The van der Waals surface area contributed by atoms with Gasteiger partial charge in [0.15, 0.2) is 0 Å². The summed E-state index contributed by atoms with van der Waals surface area (Å²) in [5.41, 5.74) is 5.24. The number of nitrogens with one attached hydrogen (secondary N) is 1. The number of hydrogen-bond acceptors (Lipinski definition) is 4. The van der Waals surface area contributed by atoms with E-state index < -0.39 is 0 Å². The van der Waals surface area contributed by atoms with Crippen molar-refractivity contribution in [2.75, 3.05) is 26.5 Å². The van der Waals surface area contributed by atoms with Gasteiger partial charge in [0.25, 0.3) is 5.56 Å². The Balaban J connectivity index is 2.63. The molecule has 0 aromatic carbocycles. The Morgan fingerprint density at radius 1 is 1.56 bits per heavy atom. The number of nitrogens with two attached hydrogens (primary N) is 1. The largest absolute Gasteiger partial charge is 0.394 e. The summed E-state index contributed by atoms with van der Waals surface area (Å²) in [5, 5.41) is 2.66. The van der Waals surface area contributed by atoms with E-state index in [-0.39, 0.29) is 23.7 Å². The molecule has 1 amide bonds. The third-order valence-corrected chi connectivity index (χ3v) is 1.96. The van der Waals surface area contributed by atoms with Crippen LogP contribution in [0.2, 0.25) is 0 Å². The first-order chi connectivity index (χ1) is 7.50. The zero-order chi connectivity index (χ0) is 12.1. The molecule has 16 heavy (non-hydrogen) atoms. The van der Waals surface area contributed by atoms with Crippen molar-refractivity contribution >= 4 is 11.6 Å². The van der Waals surface area contributed by atoms with Crippen LogP contribution >= 0.6 is 0 Å². The van der Waals surface area contributed by atoms with Crippen LogP contribution in [0.1, 0.15) is 0 Å². The first kappa shape index (κ1) is 12.3. The summed E-state index contributed by atoms with van der Waals surface area (Å²) >= 11 is 0. The Kier molecular flexibility index (Phi) is 4.07. The predicted molar refractivity (Wildman–Crippen MR) is 61.8 cm³/mol. The molecule has 3 N–H and O–H groups in total. The van der Waals surface area contributed by atoms with Gasteiger partial charge in [-0.1, -0.05) is 0 Å². The summed E-state index contributed by atoms with van der Waals surface area (Å²) in [5.74, 6) is -0.221. The van der Waals surface area contributed by atoms with Gasteiger partial charge in [-0.15, -0.1) is 0 Å². The second kappa shape index (κ2) is 5.32. The number of aromatic nitrogens is 1. The molecule has 0 aliphatic carbocycles. The van der Waals surface area contributed by atoms with Gasteiger partial charge in [0.1, 0.15) is 6.54 Å². The summed E-state index contributed by atoms with van der Waals surface area (Å²) < 4.78 is 1.28. The number of nitrogen functional groups attached to an aromatic ring is 1. The standard InChI is InChI=1S/C10H16N4O2/c1-13(2)7-12-9(15)6-14-5-3-4-8(11)10(14)16/h3-5H,6-7,11H2,1-2H3,(H,12,15). The number of anilines is 1. The van der Waals surface area contributed by atoms with E-state index in [1.54, 1.807) is 6.07 Å². The smallest absolute Gasteiger partial charge is 0.274 e. The van der Waals surface area contributed by atoms with E-state index in [0.717, 1.165) is 0 Å². The minimum Gasteiger partial charge on any atom is -0.394 e. The number of pyridine rings is 1. The first-order valence-corrected chi connectivity index (χ1v) is 4.87. The Bertz CT molecular complexity index is 425. The molecule has 0 aliphatic rings. The normalized spacial score (nSPS) is 10.4.